The van der Waals surface area contributed by atoms with Gasteiger partial charge in [-0.1, -0.05) is 36.7 Å². The molecule has 0 spiro atoms. The van der Waals surface area contributed by atoms with Gasteiger partial charge in [0.1, 0.15) is 11.5 Å². The summed E-state index contributed by atoms with van der Waals surface area (Å²) in [6.45, 7) is 2.21. The van der Waals surface area contributed by atoms with E-state index in [-0.39, 0.29) is 5.41 Å². The highest BCUT2D eigenvalue weighted by Gasteiger charge is 2.38. The molecule has 0 amide bonds. The molecule has 1 aliphatic heterocycles. The van der Waals surface area contributed by atoms with E-state index in [2.05, 4.69) is 19.1 Å². The predicted octanol–water partition coefficient (Wildman–Crippen LogP) is 4.04. The Labute approximate surface area is 100 Å². The summed E-state index contributed by atoms with van der Waals surface area (Å²) in [5.74, 6) is 2.02. The van der Waals surface area contributed by atoms with Crippen molar-refractivity contribution in [3.05, 3.63) is 52.8 Å². The van der Waals surface area contributed by atoms with E-state index in [4.69, 9.17) is 16.3 Å². The topological polar surface area (TPSA) is 9.23 Å². The number of benzene rings is 1. The minimum atomic E-state index is 0.0280. The van der Waals surface area contributed by atoms with Crippen LogP contribution in [0.1, 0.15) is 18.9 Å². The third kappa shape index (κ3) is 1.47. The van der Waals surface area contributed by atoms with E-state index < -0.39 is 0 Å². The van der Waals surface area contributed by atoms with Crippen molar-refractivity contribution in [3.63, 3.8) is 0 Å². The first-order chi connectivity index (χ1) is 7.67. The minimum absolute atomic E-state index is 0.0280. The Morgan fingerprint density at radius 2 is 2.00 bits per heavy atom. The molecule has 1 aliphatic carbocycles. The summed E-state index contributed by atoms with van der Waals surface area (Å²) in [5, 5.41) is 0.911. The van der Waals surface area contributed by atoms with Gasteiger partial charge in [-0.2, -0.15) is 0 Å². The molecule has 82 valence electrons. The van der Waals surface area contributed by atoms with Crippen LogP contribution in [0.5, 0.6) is 5.75 Å². The molecule has 2 aliphatic rings. The van der Waals surface area contributed by atoms with E-state index >= 15 is 0 Å². The largest absolute Gasteiger partial charge is 0.461 e. The lowest BCUT2D eigenvalue weighted by Crippen LogP contribution is -2.31. The quantitative estimate of drug-likeness (QED) is 0.656. The average molecular weight is 233 g/mol. The zero-order chi connectivity index (χ0) is 11.2. The molecule has 0 saturated heterocycles. The molecule has 2 heteroatoms. The van der Waals surface area contributed by atoms with Crippen molar-refractivity contribution in [1.82, 2.24) is 0 Å². The van der Waals surface area contributed by atoms with E-state index in [1.54, 1.807) is 0 Å². The minimum Gasteiger partial charge on any atom is -0.461 e. The molecule has 16 heavy (non-hydrogen) atoms. The summed E-state index contributed by atoms with van der Waals surface area (Å²) in [4.78, 5) is 0. The fourth-order valence-electron chi connectivity index (χ4n) is 2.48. The zero-order valence-electron chi connectivity index (χ0n) is 9.16. The maximum atomic E-state index is 6.11. The lowest BCUT2D eigenvalue weighted by Gasteiger charge is -2.38. The van der Waals surface area contributed by atoms with Gasteiger partial charge in [-0.3, -0.25) is 0 Å². The molecule has 0 saturated carbocycles. The van der Waals surface area contributed by atoms with Crippen LogP contribution in [-0.2, 0) is 6.42 Å². The number of halogens is 1. The highest BCUT2D eigenvalue weighted by Crippen LogP contribution is 2.47. The average Bonchev–Trinajstić information content (AvgIpc) is 2.25. The molecule has 1 unspecified atom stereocenters. The SMILES string of the molecule is CC12CC(Cl)=CC=C1Oc1ccccc1C2. The van der Waals surface area contributed by atoms with Gasteiger partial charge in [0.2, 0.25) is 0 Å². The number of hydrogen-bond donors (Lipinski definition) is 0. The third-order valence-corrected chi connectivity index (χ3v) is 3.60. The normalized spacial score (nSPS) is 27.1. The van der Waals surface area contributed by atoms with Crippen molar-refractivity contribution in [1.29, 1.82) is 0 Å². The molecule has 1 aromatic carbocycles. The fraction of sp³-hybridized carbons (Fsp3) is 0.286. The highest BCUT2D eigenvalue weighted by molar-refractivity contribution is 6.29. The Morgan fingerprint density at radius 3 is 2.88 bits per heavy atom. The Morgan fingerprint density at radius 1 is 1.19 bits per heavy atom. The lowest BCUT2D eigenvalue weighted by molar-refractivity contribution is 0.221. The maximum Gasteiger partial charge on any atom is 0.130 e. The number of fused-ring (bicyclic) bond motifs is 2. The zero-order valence-corrected chi connectivity index (χ0v) is 9.92. The van der Waals surface area contributed by atoms with Crippen LogP contribution in [0.4, 0.5) is 0 Å². The third-order valence-electron chi connectivity index (χ3n) is 3.34. The lowest BCUT2D eigenvalue weighted by atomic mass is 9.75. The monoisotopic (exact) mass is 232 g/mol. The number of rotatable bonds is 0. The van der Waals surface area contributed by atoms with Gasteiger partial charge in [0.25, 0.3) is 0 Å². The molecule has 1 aromatic rings. The number of allylic oxidation sites excluding steroid dienone is 4. The van der Waals surface area contributed by atoms with Gasteiger partial charge in [-0.25, -0.2) is 0 Å². The van der Waals surface area contributed by atoms with Crippen LogP contribution < -0.4 is 4.74 Å². The molecular weight excluding hydrogens is 220 g/mol. The predicted molar refractivity (Wildman–Crippen MR) is 65.5 cm³/mol. The molecule has 0 radical (unpaired) electrons. The van der Waals surface area contributed by atoms with Crippen molar-refractivity contribution in [2.75, 3.05) is 0 Å². The molecule has 0 bridgehead atoms. The first-order valence-corrected chi connectivity index (χ1v) is 5.88. The van der Waals surface area contributed by atoms with E-state index in [0.29, 0.717) is 0 Å². The van der Waals surface area contributed by atoms with Gasteiger partial charge in [-0.15, -0.1) is 0 Å². The number of para-hydroxylation sites is 1. The summed E-state index contributed by atoms with van der Waals surface area (Å²) in [6, 6.07) is 8.22. The van der Waals surface area contributed by atoms with Crippen molar-refractivity contribution in [2.24, 2.45) is 5.41 Å². The van der Waals surface area contributed by atoms with Crippen LogP contribution in [0.2, 0.25) is 0 Å². The summed E-state index contributed by atoms with van der Waals surface area (Å²) in [5.41, 5.74) is 1.30. The van der Waals surface area contributed by atoms with E-state index in [0.717, 1.165) is 29.4 Å². The van der Waals surface area contributed by atoms with E-state index in [9.17, 15) is 0 Å². The van der Waals surface area contributed by atoms with Crippen molar-refractivity contribution in [2.45, 2.75) is 19.8 Å². The Balaban J connectivity index is 2.07. The van der Waals surface area contributed by atoms with Gasteiger partial charge in [0, 0.05) is 10.4 Å². The van der Waals surface area contributed by atoms with Crippen LogP contribution in [0.15, 0.2) is 47.2 Å². The van der Waals surface area contributed by atoms with Gasteiger partial charge in [-0.05, 0) is 36.6 Å². The molecule has 3 rings (SSSR count). The van der Waals surface area contributed by atoms with Gasteiger partial charge >= 0.3 is 0 Å². The Hall–Kier alpha value is -1.21. The molecule has 1 heterocycles. The number of hydrogen-bond acceptors (Lipinski definition) is 1. The van der Waals surface area contributed by atoms with Crippen LogP contribution >= 0.6 is 11.6 Å². The standard InChI is InChI=1S/C14H13ClO/c1-14-8-10-4-2-3-5-12(10)16-13(14)7-6-11(15)9-14/h2-7H,8-9H2,1H3. The summed E-state index contributed by atoms with van der Waals surface area (Å²) >= 11 is 6.11. The number of ether oxygens (including phenoxy) is 1. The second-order valence-electron chi connectivity index (χ2n) is 4.77. The second-order valence-corrected chi connectivity index (χ2v) is 5.25. The Kier molecular flexibility index (Phi) is 2.11. The summed E-state index contributed by atoms with van der Waals surface area (Å²) < 4.78 is 5.95. The smallest absolute Gasteiger partial charge is 0.130 e. The molecule has 0 aromatic heterocycles. The van der Waals surface area contributed by atoms with Gasteiger partial charge in [0.15, 0.2) is 0 Å². The van der Waals surface area contributed by atoms with Gasteiger partial charge < -0.3 is 4.74 Å². The summed E-state index contributed by atoms with van der Waals surface area (Å²) in [6.07, 6.45) is 5.81. The highest BCUT2D eigenvalue weighted by atomic mass is 35.5. The fourth-order valence-corrected chi connectivity index (χ4v) is 2.84. The molecule has 0 fully saturated rings. The van der Waals surface area contributed by atoms with Crippen molar-refractivity contribution >= 4 is 11.6 Å². The van der Waals surface area contributed by atoms with Crippen LogP contribution in [0.25, 0.3) is 0 Å². The molecule has 1 nitrogen and oxygen atoms in total. The molecule has 0 N–H and O–H groups in total. The van der Waals surface area contributed by atoms with Gasteiger partial charge in [0.05, 0.1) is 0 Å². The van der Waals surface area contributed by atoms with E-state index in [1.807, 2.05) is 24.3 Å². The molecule has 1 atom stereocenters. The van der Waals surface area contributed by atoms with E-state index in [1.165, 1.54) is 5.56 Å². The first kappa shape index (κ1) is 9.98. The Bertz CT molecular complexity index is 501. The second kappa shape index (κ2) is 3.39. The van der Waals surface area contributed by atoms with Crippen LogP contribution in [0, 0.1) is 5.41 Å². The van der Waals surface area contributed by atoms with Crippen LogP contribution in [0.3, 0.4) is 0 Å². The first-order valence-electron chi connectivity index (χ1n) is 5.50. The maximum absolute atomic E-state index is 6.11. The molecular formula is C14H13ClO. The van der Waals surface area contributed by atoms with Crippen molar-refractivity contribution in [3.8, 4) is 5.75 Å². The van der Waals surface area contributed by atoms with Crippen molar-refractivity contribution < 1.29 is 4.74 Å². The summed E-state index contributed by atoms with van der Waals surface area (Å²) in [7, 11) is 0. The van der Waals surface area contributed by atoms with Crippen LogP contribution in [-0.4, -0.2) is 0 Å².